The number of carbonyl (C=O) groups is 2. The van der Waals surface area contributed by atoms with Gasteiger partial charge < -0.3 is 20.1 Å². The Morgan fingerprint density at radius 2 is 2.00 bits per heavy atom. The highest BCUT2D eigenvalue weighted by molar-refractivity contribution is 5.93. The smallest absolute Gasteiger partial charge is 0.315 e. The summed E-state index contributed by atoms with van der Waals surface area (Å²) in [5.41, 5.74) is -3.50. The molecule has 1 unspecified atom stereocenters. The first-order chi connectivity index (χ1) is 11.5. The van der Waals surface area contributed by atoms with E-state index in [0.717, 1.165) is 5.57 Å². The Bertz CT molecular complexity index is 761. The van der Waals surface area contributed by atoms with Crippen LogP contribution in [0, 0.1) is 28.1 Å². The van der Waals surface area contributed by atoms with Gasteiger partial charge in [0.1, 0.15) is 11.0 Å². The molecule has 1 heterocycles. The molecule has 0 aromatic rings. The van der Waals surface area contributed by atoms with E-state index >= 15 is 0 Å². The third-order valence-corrected chi connectivity index (χ3v) is 8.60. The van der Waals surface area contributed by atoms with Crippen LogP contribution in [0.25, 0.3) is 0 Å². The number of carboxylic acids is 1. The number of carboxylic acid groups (broad SMARTS) is 1. The molecule has 1 aliphatic heterocycles. The zero-order chi connectivity index (χ0) is 18.2. The summed E-state index contributed by atoms with van der Waals surface area (Å²) in [6.45, 7) is 7.78. The van der Waals surface area contributed by atoms with Gasteiger partial charge >= 0.3 is 11.9 Å². The monoisotopic (exact) mass is 348 g/mol. The lowest BCUT2D eigenvalue weighted by molar-refractivity contribution is -0.330. The van der Waals surface area contributed by atoms with Crippen molar-refractivity contribution in [3.63, 3.8) is 0 Å². The number of aliphatic hydroxyl groups is 2. The van der Waals surface area contributed by atoms with Crippen LogP contribution in [0.5, 0.6) is 0 Å². The highest BCUT2D eigenvalue weighted by Crippen LogP contribution is 2.83. The predicted molar refractivity (Wildman–Crippen MR) is 85.3 cm³/mol. The Morgan fingerprint density at radius 3 is 2.64 bits per heavy atom. The van der Waals surface area contributed by atoms with Crippen molar-refractivity contribution in [3.8, 4) is 0 Å². The van der Waals surface area contributed by atoms with Gasteiger partial charge in [-0.2, -0.15) is 0 Å². The molecule has 5 rings (SSSR count). The van der Waals surface area contributed by atoms with E-state index < -0.39 is 46.0 Å². The first-order valence-electron chi connectivity index (χ1n) is 9.03. The lowest BCUT2D eigenvalue weighted by Crippen LogP contribution is -2.84. The minimum absolute atomic E-state index is 0.0183. The summed E-state index contributed by atoms with van der Waals surface area (Å²) < 4.78 is 5.90. The fourth-order valence-electron chi connectivity index (χ4n) is 7.76. The molecule has 0 aromatic heterocycles. The lowest BCUT2D eigenvalue weighted by Gasteiger charge is -2.72. The molecule has 0 aromatic carbocycles. The second-order valence-corrected chi connectivity index (χ2v) is 9.72. The summed E-state index contributed by atoms with van der Waals surface area (Å²) in [6.07, 6.45) is 1.47. The van der Waals surface area contributed by atoms with E-state index in [9.17, 15) is 24.9 Å². The topological polar surface area (TPSA) is 104 Å². The maximum Gasteiger partial charge on any atom is 0.315 e. The number of hydrogen-bond acceptors (Lipinski definition) is 5. The van der Waals surface area contributed by atoms with Crippen molar-refractivity contribution < 1.29 is 29.6 Å². The number of fused-ring (bicyclic) bond motifs is 2. The van der Waals surface area contributed by atoms with Crippen molar-refractivity contribution in [2.75, 3.05) is 0 Å². The van der Waals surface area contributed by atoms with Crippen LogP contribution in [0.15, 0.2) is 12.2 Å². The molecule has 5 fully saturated rings. The molecule has 4 aliphatic carbocycles. The molecule has 4 saturated carbocycles. The normalized spacial score (nSPS) is 61.2. The average Bonchev–Trinajstić information content (AvgIpc) is 2.72. The van der Waals surface area contributed by atoms with Gasteiger partial charge in [-0.05, 0) is 43.6 Å². The molecule has 6 nitrogen and oxygen atoms in total. The number of aliphatic hydroxyl groups excluding tert-OH is 1. The molecule has 1 saturated heterocycles. The maximum atomic E-state index is 12.6. The van der Waals surface area contributed by atoms with Gasteiger partial charge in [-0.3, -0.25) is 9.59 Å². The van der Waals surface area contributed by atoms with Crippen LogP contribution in [0.2, 0.25) is 0 Å². The molecular weight excluding hydrogens is 324 g/mol. The van der Waals surface area contributed by atoms with E-state index in [1.807, 2.05) is 0 Å². The highest BCUT2D eigenvalue weighted by Gasteiger charge is 2.94. The SMILES string of the molecule is C=C1C[C@]2(C)C[C@@]1(O)CC[C@H]2[C@]12C[C@@]3(C(=O)O)C1[C@](C)(C(=O)O2)[C@H]3O. The van der Waals surface area contributed by atoms with Crippen LogP contribution in [0.1, 0.15) is 46.0 Å². The molecule has 8 atom stereocenters. The van der Waals surface area contributed by atoms with Gasteiger partial charge in [-0.25, -0.2) is 0 Å². The zero-order valence-electron chi connectivity index (χ0n) is 14.5. The fraction of sp³-hybridized carbons (Fsp3) is 0.789. The van der Waals surface area contributed by atoms with E-state index in [1.165, 1.54) is 0 Å². The van der Waals surface area contributed by atoms with Crippen LogP contribution in [-0.4, -0.2) is 44.6 Å². The molecule has 5 aliphatic rings. The molecule has 3 N–H and O–H groups in total. The van der Waals surface area contributed by atoms with Gasteiger partial charge in [0, 0.05) is 18.3 Å². The van der Waals surface area contributed by atoms with Crippen LogP contribution >= 0.6 is 0 Å². The number of hydrogen-bond donors (Lipinski definition) is 3. The first kappa shape index (κ1) is 15.8. The van der Waals surface area contributed by atoms with Crippen molar-refractivity contribution in [1.82, 2.24) is 0 Å². The second kappa shape index (κ2) is 3.81. The van der Waals surface area contributed by atoms with Gasteiger partial charge in [-0.15, -0.1) is 0 Å². The molecule has 25 heavy (non-hydrogen) atoms. The summed E-state index contributed by atoms with van der Waals surface area (Å²) in [4.78, 5) is 24.5. The quantitative estimate of drug-likeness (QED) is 0.512. The molecule has 2 bridgehead atoms. The van der Waals surface area contributed by atoms with E-state index in [2.05, 4.69) is 13.5 Å². The van der Waals surface area contributed by atoms with Gasteiger partial charge in [0.25, 0.3) is 0 Å². The van der Waals surface area contributed by atoms with Gasteiger partial charge in [0.2, 0.25) is 0 Å². The number of ether oxygens (including phenoxy) is 1. The van der Waals surface area contributed by atoms with Gasteiger partial charge in [0.05, 0.1) is 17.1 Å². The van der Waals surface area contributed by atoms with Crippen LogP contribution < -0.4 is 0 Å². The summed E-state index contributed by atoms with van der Waals surface area (Å²) in [5.74, 6) is -2.02. The minimum atomic E-state index is -1.26. The standard InChI is InChI=1S/C19H24O6/c1-9-6-15(2)7-17(9,24)5-4-10(15)19-8-18(13(21)22)11(19)16(3,12(18)20)14(23)25-19/h10-12,20,24H,1,4-8H2,2-3H3,(H,21,22)/t10-,11?,12-,15-,16+,17+,18-,19-/m1/s1. The van der Waals surface area contributed by atoms with E-state index in [4.69, 9.17) is 4.74 Å². The molecule has 0 spiro atoms. The Labute approximate surface area is 145 Å². The number of aliphatic carboxylic acids is 1. The first-order valence-corrected chi connectivity index (χ1v) is 9.03. The predicted octanol–water partition coefficient (Wildman–Crippen LogP) is 1.25. The Balaban J connectivity index is 1.59. The summed E-state index contributed by atoms with van der Waals surface area (Å²) in [6, 6.07) is 0. The van der Waals surface area contributed by atoms with Crippen molar-refractivity contribution in [2.24, 2.45) is 28.1 Å². The average molecular weight is 348 g/mol. The molecule has 136 valence electrons. The lowest BCUT2D eigenvalue weighted by atomic mass is 9.28. The Kier molecular flexibility index (Phi) is 2.41. The highest BCUT2D eigenvalue weighted by atomic mass is 16.6. The summed E-state index contributed by atoms with van der Waals surface area (Å²) in [5, 5.41) is 31.1. The van der Waals surface area contributed by atoms with Crippen molar-refractivity contribution >= 4 is 11.9 Å². The number of rotatable bonds is 2. The third kappa shape index (κ3) is 1.28. The number of esters is 1. The molecule has 0 radical (unpaired) electrons. The number of carbonyl (C=O) groups excluding carboxylic acids is 1. The maximum absolute atomic E-state index is 12.6. The molecule has 6 heteroatoms. The van der Waals surface area contributed by atoms with Gasteiger partial charge in [-0.1, -0.05) is 13.5 Å². The minimum Gasteiger partial charge on any atom is -0.481 e. The third-order valence-electron chi connectivity index (χ3n) is 8.60. The van der Waals surface area contributed by atoms with E-state index in [1.54, 1.807) is 6.92 Å². The van der Waals surface area contributed by atoms with E-state index in [-0.39, 0.29) is 17.8 Å². The largest absolute Gasteiger partial charge is 0.481 e. The van der Waals surface area contributed by atoms with Crippen molar-refractivity contribution in [1.29, 1.82) is 0 Å². The fourth-order valence-corrected chi connectivity index (χ4v) is 7.76. The Morgan fingerprint density at radius 1 is 1.32 bits per heavy atom. The van der Waals surface area contributed by atoms with Crippen LogP contribution in [-0.2, 0) is 14.3 Å². The van der Waals surface area contributed by atoms with Gasteiger partial charge in [0.15, 0.2) is 0 Å². The zero-order valence-corrected chi connectivity index (χ0v) is 14.5. The Hall–Kier alpha value is -1.40. The van der Waals surface area contributed by atoms with Crippen molar-refractivity contribution in [3.05, 3.63) is 12.2 Å². The van der Waals surface area contributed by atoms with Crippen LogP contribution in [0.4, 0.5) is 0 Å². The molecular formula is C19H24O6. The summed E-state index contributed by atoms with van der Waals surface area (Å²) >= 11 is 0. The van der Waals surface area contributed by atoms with Crippen molar-refractivity contribution in [2.45, 2.75) is 63.3 Å². The second-order valence-electron chi connectivity index (χ2n) is 9.72. The van der Waals surface area contributed by atoms with Crippen LogP contribution in [0.3, 0.4) is 0 Å². The molecule has 0 amide bonds. The van der Waals surface area contributed by atoms with E-state index in [0.29, 0.717) is 25.7 Å². The summed E-state index contributed by atoms with van der Waals surface area (Å²) in [7, 11) is 0.